The molecule has 0 bridgehead atoms. The minimum Gasteiger partial charge on any atom is -0.478 e. The molecule has 2 N–H and O–H groups in total. The summed E-state index contributed by atoms with van der Waals surface area (Å²) in [5.41, 5.74) is 1.21. The minimum absolute atomic E-state index is 0.0325. The van der Waals surface area contributed by atoms with Crippen molar-refractivity contribution in [2.75, 3.05) is 6.54 Å². The lowest BCUT2D eigenvalue weighted by atomic mass is 9.96. The van der Waals surface area contributed by atoms with Crippen LogP contribution < -0.4 is 5.32 Å². The monoisotopic (exact) mass is 391 g/mol. The normalized spacial score (nSPS) is 15.1. The van der Waals surface area contributed by atoms with Gasteiger partial charge in [-0.15, -0.1) is 0 Å². The van der Waals surface area contributed by atoms with Crippen LogP contribution in [-0.4, -0.2) is 23.5 Å². The second kappa shape index (κ2) is 6.43. The van der Waals surface area contributed by atoms with Gasteiger partial charge in [-0.1, -0.05) is 35.0 Å². The molecule has 2 aromatic rings. The van der Waals surface area contributed by atoms with Crippen molar-refractivity contribution < 1.29 is 19.1 Å². The molecule has 1 fully saturated rings. The molecule has 126 valence electrons. The summed E-state index contributed by atoms with van der Waals surface area (Å²) in [4.78, 5) is 23.5. The Balaban J connectivity index is 1.71. The van der Waals surface area contributed by atoms with Crippen molar-refractivity contribution in [1.82, 2.24) is 5.32 Å². The molecule has 1 aliphatic carbocycles. The van der Waals surface area contributed by atoms with Crippen LogP contribution in [0.4, 0.5) is 0 Å². The lowest BCUT2D eigenvalue weighted by molar-refractivity contribution is 0.0694. The van der Waals surface area contributed by atoms with Gasteiger partial charge in [-0.2, -0.15) is 0 Å². The lowest BCUT2D eigenvalue weighted by Gasteiger charge is -2.16. The number of carbonyl (C=O) groups excluding carboxylic acids is 1. The molecule has 0 saturated heterocycles. The number of rotatable bonds is 6. The number of aromatic carboxylic acids is 1. The predicted octanol–water partition coefficient (Wildman–Crippen LogP) is 3.76. The number of carbonyl (C=O) groups is 2. The van der Waals surface area contributed by atoms with Crippen LogP contribution in [0, 0.1) is 0 Å². The summed E-state index contributed by atoms with van der Waals surface area (Å²) < 4.78 is 6.41. The van der Waals surface area contributed by atoms with Crippen LogP contribution in [0.5, 0.6) is 0 Å². The smallest absolute Gasteiger partial charge is 0.339 e. The molecule has 0 aliphatic heterocycles. The highest BCUT2D eigenvalue weighted by Crippen LogP contribution is 2.48. The van der Waals surface area contributed by atoms with E-state index in [1.807, 2.05) is 12.1 Å². The minimum atomic E-state index is -1.08. The van der Waals surface area contributed by atoms with Crippen LogP contribution in [-0.2, 0) is 11.8 Å². The van der Waals surface area contributed by atoms with Gasteiger partial charge in [0.05, 0.1) is 0 Å². The van der Waals surface area contributed by atoms with Crippen molar-refractivity contribution in [2.45, 2.75) is 31.6 Å². The lowest BCUT2D eigenvalue weighted by Crippen LogP contribution is -2.32. The van der Waals surface area contributed by atoms with E-state index in [2.05, 4.69) is 33.4 Å². The quantitative estimate of drug-likeness (QED) is 0.785. The van der Waals surface area contributed by atoms with E-state index in [9.17, 15) is 9.59 Å². The molecule has 1 aliphatic rings. The number of amides is 1. The number of nitrogens with one attached hydrogen (secondary N) is 1. The van der Waals surface area contributed by atoms with Crippen LogP contribution in [0.3, 0.4) is 0 Å². The third-order valence-electron chi connectivity index (χ3n) is 4.46. The highest BCUT2D eigenvalue weighted by Gasteiger charge is 2.44. The number of hydrogen-bond acceptors (Lipinski definition) is 3. The SMILES string of the molecule is CCc1oc(C(=O)NCC2(c3cccc(Br)c3)CC2)cc1C(=O)O. The van der Waals surface area contributed by atoms with Gasteiger partial charge in [-0.25, -0.2) is 4.79 Å². The molecule has 1 aromatic heterocycles. The first-order valence-corrected chi connectivity index (χ1v) is 8.65. The fourth-order valence-electron chi connectivity index (χ4n) is 2.86. The Morgan fingerprint density at radius 2 is 2.08 bits per heavy atom. The Labute approximate surface area is 148 Å². The molecule has 1 aromatic carbocycles. The van der Waals surface area contributed by atoms with Crippen molar-refractivity contribution in [1.29, 1.82) is 0 Å². The molecule has 24 heavy (non-hydrogen) atoms. The number of halogens is 1. The molecule has 6 heteroatoms. The van der Waals surface area contributed by atoms with Crippen LogP contribution in [0.2, 0.25) is 0 Å². The van der Waals surface area contributed by atoms with E-state index in [0.29, 0.717) is 18.7 Å². The van der Waals surface area contributed by atoms with Gasteiger partial charge >= 0.3 is 5.97 Å². The summed E-state index contributed by atoms with van der Waals surface area (Å²) in [6.45, 7) is 2.30. The molecule has 0 radical (unpaired) electrons. The van der Waals surface area contributed by atoms with E-state index in [1.165, 1.54) is 11.6 Å². The van der Waals surface area contributed by atoms with Gasteiger partial charge < -0.3 is 14.8 Å². The van der Waals surface area contributed by atoms with E-state index in [-0.39, 0.29) is 22.6 Å². The summed E-state index contributed by atoms with van der Waals surface area (Å²) in [6, 6.07) is 9.40. The Morgan fingerprint density at radius 1 is 1.33 bits per heavy atom. The third kappa shape index (κ3) is 3.24. The third-order valence-corrected chi connectivity index (χ3v) is 4.96. The molecule has 1 heterocycles. The average Bonchev–Trinajstić information content (AvgIpc) is 3.22. The van der Waals surface area contributed by atoms with E-state index in [4.69, 9.17) is 9.52 Å². The fourth-order valence-corrected chi connectivity index (χ4v) is 3.26. The van der Waals surface area contributed by atoms with Gasteiger partial charge in [0, 0.05) is 28.9 Å². The predicted molar refractivity (Wildman–Crippen MR) is 92.4 cm³/mol. The number of hydrogen-bond donors (Lipinski definition) is 2. The zero-order valence-corrected chi connectivity index (χ0v) is 14.9. The van der Waals surface area contributed by atoms with Gasteiger partial charge in [0.2, 0.25) is 0 Å². The topological polar surface area (TPSA) is 79.5 Å². The van der Waals surface area contributed by atoms with Crippen molar-refractivity contribution in [3.05, 3.63) is 57.5 Å². The Bertz CT molecular complexity index is 792. The Morgan fingerprint density at radius 3 is 2.62 bits per heavy atom. The second-order valence-corrected chi connectivity index (χ2v) is 7.00. The highest BCUT2D eigenvalue weighted by molar-refractivity contribution is 9.10. The van der Waals surface area contributed by atoms with Crippen molar-refractivity contribution in [3.8, 4) is 0 Å². The summed E-state index contributed by atoms with van der Waals surface area (Å²) in [5.74, 6) is -1.09. The Hall–Kier alpha value is -2.08. The van der Waals surface area contributed by atoms with Crippen molar-refractivity contribution in [2.24, 2.45) is 0 Å². The molecule has 5 nitrogen and oxygen atoms in total. The first kappa shape index (κ1) is 16.8. The maximum Gasteiger partial charge on any atom is 0.339 e. The molecule has 3 rings (SSSR count). The van der Waals surface area contributed by atoms with Crippen LogP contribution >= 0.6 is 15.9 Å². The standard InChI is InChI=1S/C18H18BrNO4/c1-2-14-13(17(22)23)9-15(24-14)16(21)20-10-18(6-7-18)11-4-3-5-12(19)8-11/h3-5,8-9H,2,6-7,10H2,1H3,(H,20,21)(H,22,23). The number of benzene rings is 1. The van der Waals surface area contributed by atoms with Crippen LogP contribution in [0.15, 0.2) is 39.2 Å². The second-order valence-electron chi connectivity index (χ2n) is 6.08. The van der Waals surface area contributed by atoms with Gasteiger partial charge in [0.25, 0.3) is 5.91 Å². The maximum atomic E-state index is 12.3. The summed E-state index contributed by atoms with van der Waals surface area (Å²) in [7, 11) is 0. The summed E-state index contributed by atoms with van der Waals surface area (Å²) in [6.07, 6.45) is 2.46. The summed E-state index contributed by atoms with van der Waals surface area (Å²) >= 11 is 3.47. The number of carboxylic acids is 1. The highest BCUT2D eigenvalue weighted by atomic mass is 79.9. The zero-order chi connectivity index (χ0) is 17.3. The number of aryl methyl sites for hydroxylation is 1. The molecule has 1 amide bonds. The van der Waals surface area contributed by atoms with Crippen LogP contribution in [0.1, 0.15) is 52.0 Å². The molecular weight excluding hydrogens is 374 g/mol. The van der Waals surface area contributed by atoms with Gasteiger partial charge in [-0.3, -0.25) is 4.79 Å². The average molecular weight is 392 g/mol. The van der Waals surface area contributed by atoms with Gasteiger partial charge in [0.15, 0.2) is 5.76 Å². The molecular formula is C18H18BrNO4. The van der Waals surface area contributed by atoms with Gasteiger partial charge in [-0.05, 0) is 30.5 Å². The van der Waals surface area contributed by atoms with E-state index >= 15 is 0 Å². The van der Waals surface area contributed by atoms with E-state index < -0.39 is 5.97 Å². The van der Waals surface area contributed by atoms with Crippen molar-refractivity contribution >= 4 is 27.8 Å². The first-order chi connectivity index (χ1) is 11.4. The number of furan rings is 1. The van der Waals surface area contributed by atoms with E-state index in [1.54, 1.807) is 6.92 Å². The molecule has 0 spiro atoms. The van der Waals surface area contributed by atoms with Crippen molar-refractivity contribution in [3.63, 3.8) is 0 Å². The van der Waals surface area contributed by atoms with Gasteiger partial charge in [0.1, 0.15) is 11.3 Å². The molecule has 0 atom stereocenters. The largest absolute Gasteiger partial charge is 0.478 e. The van der Waals surface area contributed by atoms with Crippen LogP contribution in [0.25, 0.3) is 0 Å². The van der Waals surface area contributed by atoms with E-state index in [0.717, 1.165) is 17.3 Å². The fraction of sp³-hybridized carbons (Fsp3) is 0.333. The summed E-state index contributed by atoms with van der Waals surface area (Å²) in [5, 5.41) is 12.0. The molecule has 1 saturated carbocycles. The molecule has 0 unspecified atom stereocenters. The maximum absolute atomic E-state index is 12.3. The number of carboxylic acid groups (broad SMARTS) is 1. The Kier molecular flexibility index (Phi) is 4.49. The zero-order valence-electron chi connectivity index (χ0n) is 13.3. The first-order valence-electron chi connectivity index (χ1n) is 7.85.